The minimum atomic E-state index is -0.580. The Hall–Kier alpha value is -2.90. The highest BCUT2D eigenvalue weighted by atomic mass is 35.5. The van der Waals surface area contributed by atoms with E-state index in [0.29, 0.717) is 15.9 Å². The summed E-state index contributed by atoms with van der Waals surface area (Å²) in [6.07, 6.45) is 0. The third kappa shape index (κ3) is 3.98. The zero-order valence-electron chi connectivity index (χ0n) is 18.6. The average Bonchev–Trinajstić information content (AvgIpc) is 3.28. The fourth-order valence-corrected chi connectivity index (χ4v) is 4.73. The van der Waals surface area contributed by atoms with Crippen LogP contribution in [-0.2, 0) is 15.0 Å². The van der Waals surface area contributed by atoms with Crippen LogP contribution in [0.4, 0.5) is 10.8 Å². The predicted molar refractivity (Wildman–Crippen MR) is 129 cm³/mol. The van der Waals surface area contributed by atoms with Gasteiger partial charge in [0.05, 0.1) is 11.1 Å². The van der Waals surface area contributed by atoms with Crippen molar-refractivity contribution < 1.29 is 14.3 Å². The highest BCUT2D eigenvalue weighted by Crippen LogP contribution is 2.42. The molecule has 32 heavy (non-hydrogen) atoms. The van der Waals surface area contributed by atoms with E-state index in [9.17, 15) is 9.59 Å². The maximum absolute atomic E-state index is 12.5. The quantitative estimate of drug-likeness (QED) is 0.546. The van der Waals surface area contributed by atoms with E-state index in [-0.39, 0.29) is 18.4 Å². The zero-order chi connectivity index (χ0) is 23.2. The van der Waals surface area contributed by atoms with Crippen LogP contribution in [0, 0.1) is 13.8 Å². The van der Waals surface area contributed by atoms with Crippen molar-refractivity contribution in [2.75, 3.05) is 23.9 Å². The number of aryl methyl sites for hydroxylation is 2. The summed E-state index contributed by atoms with van der Waals surface area (Å²) in [7, 11) is 1.79. The van der Waals surface area contributed by atoms with Gasteiger partial charge in [-0.3, -0.25) is 14.9 Å². The van der Waals surface area contributed by atoms with Crippen molar-refractivity contribution >= 4 is 45.6 Å². The van der Waals surface area contributed by atoms with Crippen molar-refractivity contribution in [3.63, 3.8) is 0 Å². The third-order valence-corrected chi connectivity index (χ3v) is 7.05. The van der Waals surface area contributed by atoms with Crippen molar-refractivity contribution in [2.24, 2.45) is 0 Å². The second kappa shape index (κ2) is 8.22. The van der Waals surface area contributed by atoms with Gasteiger partial charge in [-0.15, -0.1) is 11.3 Å². The summed E-state index contributed by atoms with van der Waals surface area (Å²) in [4.78, 5) is 31.1. The standard InChI is InChI=1S/C24H24ClN3O3S/c1-13-8-16(9-14(2)21(13)25)31-11-20(29)27-23-26-18(12-32-23)15-6-7-19-17(10-15)24(3,4)22(30)28(19)5/h6-10,12H,11H2,1-5H3,(H,26,27,29). The Labute approximate surface area is 196 Å². The van der Waals surface area contributed by atoms with E-state index in [1.54, 1.807) is 11.9 Å². The molecule has 0 saturated heterocycles. The topological polar surface area (TPSA) is 71.5 Å². The molecule has 1 aliphatic heterocycles. The number of ether oxygens (including phenoxy) is 1. The molecule has 0 radical (unpaired) electrons. The summed E-state index contributed by atoms with van der Waals surface area (Å²) in [5, 5.41) is 5.86. The number of rotatable bonds is 5. The van der Waals surface area contributed by atoms with E-state index in [0.717, 1.165) is 33.6 Å². The molecular weight excluding hydrogens is 446 g/mol. The van der Waals surface area contributed by atoms with Gasteiger partial charge in [0.25, 0.3) is 5.91 Å². The lowest BCUT2D eigenvalue weighted by atomic mass is 9.85. The van der Waals surface area contributed by atoms with Crippen molar-refractivity contribution in [2.45, 2.75) is 33.1 Å². The second-order valence-corrected chi connectivity index (χ2v) is 9.70. The molecule has 0 aliphatic carbocycles. The van der Waals surface area contributed by atoms with Crippen LogP contribution in [0.1, 0.15) is 30.5 Å². The van der Waals surface area contributed by atoms with Crippen LogP contribution in [-0.4, -0.2) is 30.5 Å². The fraction of sp³-hybridized carbons (Fsp3) is 0.292. The minimum absolute atomic E-state index is 0.0713. The molecule has 3 aromatic rings. The number of likely N-dealkylation sites (N-methyl/N-ethyl adjacent to an activating group) is 1. The SMILES string of the molecule is Cc1cc(OCC(=O)Nc2nc(-c3ccc4c(c3)C(C)(C)C(=O)N4C)cs2)cc(C)c1Cl. The molecule has 0 saturated carbocycles. The number of thiazole rings is 1. The largest absolute Gasteiger partial charge is 0.484 e. The van der Waals surface area contributed by atoms with Crippen LogP contribution < -0.4 is 15.0 Å². The Balaban J connectivity index is 1.44. The first kappa shape index (κ1) is 22.3. The highest BCUT2D eigenvalue weighted by Gasteiger charge is 2.42. The highest BCUT2D eigenvalue weighted by molar-refractivity contribution is 7.14. The van der Waals surface area contributed by atoms with Gasteiger partial charge >= 0.3 is 0 Å². The molecular formula is C24H24ClN3O3S. The Morgan fingerprint density at radius 3 is 2.59 bits per heavy atom. The number of fused-ring (bicyclic) bond motifs is 1. The molecule has 8 heteroatoms. The number of anilines is 2. The lowest BCUT2D eigenvalue weighted by Crippen LogP contribution is -2.33. The summed E-state index contributed by atoms with van der Waals surface area (Å²) < 4.78 is 5.61. The number of aromatic nitrogens is 1. The van der Waals surface area contributed by atoms with Crippen molar-refractivity contribution in [3.05, 3.63) is 57.4 Å². The van der Waals surface area contributed by atoms with Crippen LogP contribution >= 0.6 is 22.9 Å². The number of hydrogen-bond acceptors (Lipinski definition) is 5. The number of carbonyl (C=O) groups is 2. The third-order valence-electron chi connectivity index (χ3n) is 5.70. The fourth-order valence-electron chi connectivity index (χ4n) is 3.89. The molecule has 0 fully saturated rings. The smallest absolute Gasteiger partial charge is 0.264 e. The molecule has 2 heterocycles. The van der Waals surface area contributed by atoms with Gasteiger partial charge in [-0.2, -0.15) is 0 Å². The molecule has 2 aromatic carbocycles. The first-order valence-corrected chi connectivity index (χ1v) is 11.4. The van der Waals surface area contributed by atoms with Crippen molar-refractivity contribution in [1.82, 2.24) is 4.98 Å². The normalized spacial score (nSPS) is 14.4. The van der Waals surface area contributed by atoms with Gasteiger partial charge in [0.2, 0.25) is 5.91 Å². The zero-order valence-corrected chi connectivity index (χ0v) is 20.1. The summed E-state index contributed by atoms with van der Waals surface area (Å²) in [5.41, 5.74) is 4.76. The maximum atomic E-state index is 12.5. The van der Waals surface area contributed by atoms with Gasteiger partial charge < -0.3 is 9.64 Å². The average molecular weight is 470 g/mol. The van der Waals surface area contributed by atoms with Crippen molar-refractivity contribution in [3.8, 4) is 17.0 Å². The van der Waals surface area contributed by atoms with Crippen LogP contribution in [0.25, 0.3) is 11.3 Å². The molecule has 166 valence electrons. The summed E-state index contributed by atoms with van der Waals surface area (Å²) in [6, 6.07) is 9.51. The van der Waals surface area contributed by atoms with Crippen LogP contribution in [0.15, 0.2) is 35.7 Å². The van der Waals surface area contributed by atoms with Gasteiger partial charge in [0.1, 0.15) is 5.75 Å². The van der Waals surface area contributed by atoms with Gasteiger partial charge in [0.15, 0.2) is 11.7 Å². The summed E-state index contributed by atoms with van der Waals surface area (Å²) in [5.74, 6) is 0.375. The predicted octanol–water partition coefficient (Wildman–Crippen LogP) is 5.35. The van der Waals surface area contributed by atoms with Gasteiger partial charge in [-0.25, -0.2) is 4.98 Å². The van der Waals surface area contributed by atoms with Crippen LogP contribution in [0.3, 0.4) is 0 Å². The number of halogens is 1. The first-order chi connectivity index (χ1) is 15.1. The molecule has 6 nitrogen and oxygen atoms in total. The van der Waals surface area contributed by atoms with Gasteiger partial charge in [0, 0.05) is 28.7 Å². The Morgan fingerprint density at radius 1 is 1.22 bits per heavy atom. The Kier molecular flexibility index (Phi) is 5.73. The van der Waals surface area contributed by atoms with Crippen LogP contribution in [0.2, 0.25) is 5.02 Å². The molecule has 0 bridgehead atoms. The lowest BCUT2D eigenvalue weighted by molar-refractivity contribution is -0.121. The Bertz CT molecular complexity index is 1210. The molecule has 0 atom stereocenters. The summed E-state index contributed by atoms with van der Waals surface area (Å²) in [6.45, 7) is 7.52. The van der Waals surface area contributed by atoms with Crippen LogP contribution in [0.5, 0.6) is 5.75 Å². The molecule has 1 aromatic heterocycles. The van der Waals surface area contributed by atoms with E-state index in [4.69, 9.17) is 16.3 Å². The second-order valence-electron chi connectivity index (χ2n) is 8.47. The molecule has 0 spiro atoms. The minimum Gasteiger partial charge on any atom is -0.484 e. The Morgan fingerprint density at radius 2 is 1.91 bits per heavy atom. The number of nitrogens with zero attached hydrogens (tertiary/aromatic N) is 2. The first-order valence-electron chi connectivity index (χ1n) is 10.2. The number of carbonyl (C=O) groups excluding carboxylic acids is 2. The number of hydrogen-bond donors (Lipinski definition) is 1. The molecule has 0 unspecified atom stereocenters. The van der Waals surface area contributed by atoms with E-state index < -0.39 is 5.41 Å². The van der Waals surface area contributed by atoms with E-state index in [1.165, 1.54) is 11.3 Å². The number of benzene rings is 2. The van der Waals surface area contributed by atoms with E-state index >= 15 is 0 Å². The molecule has 2 amide bonds. The molecule has 1 N–H and O–H groups in total. The summed E-state index contributed by atoms with van der Waals surface area (Å²) >= 11 is 7.51. The van der Waals surface area contributed by atoms with E-state index in [1.807, 2.05) is 63.4 Å². The number of nitrogens with one attached hydrogen (secondary N) is 1. The van der Waals surface area contributed by atoms with E-state index in [2.05, 4.69) is 10.3 Å². The number of amides is 2. The molecule has 1 aliphatic rings. The van der Waals surface area contributed by atoms with Crippen molar-refractivity contribution in [1.29, 1.82) is 0 Å². The maximum Gasteiger partial charge on any atom is 0.264 e. The molecule has 4 rings (SSSR count). The lowest BCUT2D eigenvalue weighted by Gasteiger charge is -2.16. The van der Waals surface area contributed by atoms with Gasteiger partial charge in [-0.05, 0) is 68.7 Å². The monoisotopic (exact) mass is 469 g/mol. The van der Waals surface area contributed by atoms with Gasteiger partial charge in [-0.1, -0.05) is 17.7 Å².